The molecule has 0 radical (unpaired) electrons. The van der Waals surface area contributed by atoms with E-state index in [9.17, 15) is 10.1 Å². The molecule has 1 aliphatic heterocycles. The van der Waals surface area contributed by atoms with Gasteiger partial charge in [0.1, 0.15) is 15.9 Å². The van der Waals surface area contributed by atoms with Crippen LogP contribution >= 0.6 is 27.3 Å². The lowest BCUT2D eigenvalue weighted by molar-refractivity contribution is 0.0967. The van der Waals surface area contributed by atoms with E-state index in [-0.39, 0.29) is 5.91 Å². The van der Waals surface area contributed by atoms with E-state index in [0.717, 1.165) is 28.1 Å². The quantitative estimate of drug-likeness (QED) is 0.850. The van der Waals surface area contributed by atoms with E-state index >= 15 is 0 Å². The highest BCUT2D eigenvalue weighted by atomic mass is 79.9. The van der Waals surface area contributed by atoms with Crippen molar-refractivity contribution >= 4 is 38.2 Å². The molecule has 2 heterocycles. The predicted molar refractivity (Wildman–Crippen MR) is 98.6 cm³/mol. The van der Waals surface area contributed by atoms with Gasteiger partial charge in [-0.05, 0) is 17.7 Å². The summed E-state index contributed by atoms with van der Waals surface area (Å²) in [6, 6.07) is 9.97. The van der Waals surface area contributed by atoms with Crippen LogP contribution in [0.15, 0.2) is 28.7 Å². The number of hydrogen-bond donors (Lipinski definition) is 1. The summed E-state index contributed by atoms with van der Waals surface area (Å²) in [6.07, 6.45) is 0. The third-order valence-corrected chi connectivity index (χ3v) is 5.64. The zero-order valence-corrected chi connectivity index (χ0v) is 15.5. The number of carbonyl (C=O) groups is 1. The molecule has 1 aromatic heterocycles. The molecule has 24 heavy (non-hydrogen) atoms. The Morgan fingerprint density at radius 1 is 1.33 bits per heavy atom. The van der Waals surface area contributed by atoms with Gasteiger partial charge in [-0.2, -0.15) is 5.26 Å². The van der Waals surface area contributed by atoms with Crippen LogP contribution in [0.2, 0.25) is 0 Å². The van der Waals surface area contributed by atoms with E-state index in [4.69, 9.17) is 4.74 Å². The molecule has 1 aromatic carbocycles. The maximum Gasteiger partial charge on any atom is 0.261 e. The molecule has 1 fully saturated rings. The first-order valence-electron chi connectivity index (χ1n) is 7.53. The largest absolute Gasteiger partial charge is 0.378 e. The highest BCUT2D eigenvalue weighted by Gasteiger charge is 2.27. The molecule has 0 atom stereocenters. The second kappa shape index (κ2) is 7.34. The van der Waals surface area contributed by atoms with Crippen LogP contribution in [0.5, 0.6) is 0 Å². The Balaban J connectivity index is 2.17. The summed E-state index contributed by atoms with van der Waals surface area (Å²) in [4.78, 5) is 15.1. The number of anilines is 1. The summed E-state index contributed by atoms with van der Waals surface area (Å²) < 4.78 is 6.35. The van der Waals surface area contributed by atoms with Gasteiger partial charge in [0, 0.05) is 30.2 Å². The molecular weight excluding hydrogens is 390 g/mol. The van der Waals surface area contributed by atoms with Crippen molar-refractivity contribution in [2.75, 3.05) is 38.3 Å². The lowest BCUT2D eigenvalue weighted by Crippen LogP contribution is -2.36. The molecule has 1 amide bonds. The summed E-state index contributed by atoms with van der Waals surface area (Å²) in [7, 11) is 1.61. The van der Waals surface area contributed by atoms with E-state index in [1.165, 1.54) is 11.3 Å². The first-order chi connectivity index (χ1) is 11.7. The molecule has 2 aromatic rings. The van der Waals surface area contributed by atoms with Crippen LogP contribution in [0.25, 0.3) is 11.1 Å². The van der Waals surface area contributed by atoms with E-state index in [1.54, 1.807) is 7.05 Å². The van der Waals surface area contributed by atoms with Crippen LogP contribution in [0, 0.1) is 11.3 Å². The number of thiophene rings is 1. The van der Waals surface area contributed by atoms with Gasteiger partial charge in [0.15, 0.2) is 0 Å². The van der Waals surface area contributed by atoms with Gasteiger partial charge < -0.3 is 15.0 Å². The van der Waals surface area contributed by atoms with Gasteiger partial charge in [-0.25, -0.2) is 0 Å². The fourth-order valence-corrected chi connectivity index (χ4v) is 4.21. The van der Waals surface area contributed by atoms with E-state index in [2.05, 4.69) is 32.2 Å². The van der Waals surface area contributed by atoms with Gasteiger partial charge in [-0.15, -0.1) is 11.3 Å². The topological polar surface area (TPSA) is 65.4 Å². The van der Waals surface area contributed by atoms with Crippen molar-refractivity contribution < 1.29 is 9.53 Å². The van der Waals surface area contributed by atoms with Gasteiger partial charge in [0.2, 0.25) is 0 Å². The zero-order valence-electron chi connectivity index (χ0n) is 13.1. The van der Waals surface area contributed by atoms with Crippen molar-refractivity contribution in [2.45, 2.75) is 0 Å². The van der Waals surface area contributed by atoms with Crippen LogP contribution < -0.4 is 10.2 Å². The SMILES string of the molecule is CNC(=O)c1sc(N2CCOCC2)c(C#N)c1-c1ccc(Br)cc1. The number of rotatable bonds is 3. The second-order valence-corrected chi connectivity index (χ2v) is 7.20. The van der Waals surface area contributed by atoms with Crippen molar-refractivity contribution in [1.29, 1.82) is 5.26 Å². The number of ether oxygens (including phenoxy) is 1. The predicted octanol–water partition coefficient (Wildman–Crippen LogP) is 3.25. The number of nitrogens with one attached hydrogen (secondary N) is 1. The molecule has 0 spiro atoms. The van der Waals surface area contributed by atoms with Gasteiger partial charge in [0.05, 0.1) is 18.8 Å². The number of benzene rings is 1. The van der Waals surface area contributed by atoms with Crippen LogP contribution in [-0.4, -0.2) is 39.3 Å². The molecule has 1 saturated heterocycles. The monoisotopic (exact) mass is 405 g/mol. The Morgan fingerprint density at radius 3 is 2.58 bits per heavy atom. The molecule has 0 aliphatic carbocycles. The number of morpholine rings is 1. The molecule has 0 bridgehead atoms. The summed E-state index contributed by atoms with van der Waals surface area (Å²) in [6.45, 7) is 2.71. The molecule has 1 aliphatic rings. The number of carbonyl (C=O) groups excluding carboxylic acids is 1. The minimum atomic E-state index is -0.172. The number of nitrogens with zero attached hydrogens (tertiary/aromatic N) is 2. The fourth-order valence-electron chi connectivity index (χ4n) is 2.68. The number of halogens is 1. The first kappa shape index (κ1) is 17.0. The normalized spacial score (nSPS) is 14.3. The molecule has 124 valence electrons. The third-order valence-electron chi connectivity index (χ3n) is 3.87. The molecule has 3 rings (SSSR count). The second-order valence-electron chi connectivity index (χ2n) is 5.28. The summed E-state index contributed by atoms with van der Waals surface area (Å²) in [5, 5.41) is 13.3. The van der Waals surface area contributed by atoms with Crippen molar-refractivity contribution in [2.24, 2.45) is 0 Å². The maximum absolute atomic E-state index is 12.4. The molecule has 0 unspecified atom stereocenters. The summed E-state index contributed by atoms with van der Waals surface area (Å²) >= 11 is 4.79. The molecule has 0 saturated carbocycles. The van der Waals surface area contributed by atoms with Crippen LogP contribution in [0.3, 0.4) is 0 Å². The fraction of sp³-hybridized carbons (Fsp3) is 0.294. The van der Waals surface area contributed by atoms with Crippen molar-refractivity contribution in [3.8, 4) is 17.2 Å². The molecule has 7 heteroatoms. The van der Waals surface area contributed by atoms with Gasteiger partial charge in [-0.3, -0.25) is 4.79 Å². The van der Waals surface area contributed by atoms with Crippen LogP contribution in [-0.2, 0) is 4.74 Å². The summed E-state index contributed by atoms with van der Waals surface area (Å²) in [5.74, 6) is -0.172. The molecular formula is C17H16BrN3O2S. The average molecular weight is 406 g/mol. The molecule has 5 nitrogen and oxygen atoms in total. The Hall–Kier alpha value is -1.88. The minimum Gasteiger partial charge on any atom is -0.378 e. The number of hydrogen-bond acceptors (Lipinski definition) is 5. The first-order valence-corrected chi connectivity index (χ1v) is 9.14. The highest BCUT2D eigenvalue weighted by molar-refractivity contribution is 9.10. The Labute approximate surface area is 153 Å². The van der Waals surface area contributed by atoms with Crippen molar-refractivity contribution in [3.05, 3.63) is 39.2 Å². The maximum atomic E-state index is 12.4. The van der Waals surface area contributed by atoms with Crippen molar-refractivity contribution in [1.82, 2.24) is 5.32 Å². The smallest absolute Gasteiger partial charge is 0.261 e. The van der Waals surface area contributed by atoms with Crippen LogP contribution in [0.4, 0.5) is 5.00 Å². The van der Waals surface area contributed by atoms with Gasteiger partial charge >= 0.3 is 0 Å². The lowest BCUT2D eigenvalue weighted by Gasteiger charge is -2.27. The Bertz CT molecular complexity index is 789. The molecule has 1 N–H and O–H groups in total. The summed E-state index contributed by atoms with van der Waals surface area (Å²) in [5.41, 5.74) is 2.13. The van der Waals surface area contributed by atoms with E-state index in [1.807, 2.05) is 24.3 Å². The van der Waals surface area contributed by atoms with E-state index in [0.29, 0.717) is 29.2 Å². The minimum absolute atomic E-state index is 0.172. The third kappa shape index (κ3) is 3.18. The highest BCUT2D eigenvalue weighted by Crippen LogP contribution is 2.42. The number of amides is 1. The van der Waals surface area contributed by atoms with Gasteiger partial charge in [0.25, 0.3) is 5.91 Å². The zero-order chi connectivity index (χ0) is 17.1. The standard InChI is InChI=1S/C17H16BrN3O2S/c1-20-16(22)15-14(11-2-4-12(18)5-3-11)13(10-19)17(24-15)21-6-8-23-9-7-21/h2-5H,6-9H2,1H3,(H,20,22). The van der Waals surface area contributed by atoms with Gasteiger partial charge in [-0.1, -0.05) is 28.1 Å². The number of nitriles is 1. The van der Waals surface area contributed by atoms with Crippen molar-refractivity contribution in [3.63, 3.8) is 0 Å². The van der Waals surface area contributed by atoms with E-state index < -0.39 is 0 Å². The lowest BCUT2D eigenvalue weighted by atomic mass is 10.0. The average Bonchev–Trinajstić information content (AvgIpc) is 3.02. The van der Waals surface area contributed by atoms with Crippen LogP contribution in [0.1, 0.15) is 15.2 Å². The Kier molecular flexibility index (Phi) is 5.19. The Morgan fingerprint density at radius 2 is 2.00 bits per heavy atom.